The lowest BCUT2D eigenvalue weighted by Crippen LogP contribution is -2.18. The lowest BCUT2D eigenvalue weighted by atomic mass is 10.2. The number of ether oxygens (including phenoxy) is 2. The number of nitro benzene ring substituents is 1. The van der Waals surface area contributed by atoms with E-state index >= 15 is 0 Å². The van der Waals surface area contributed by atoms with Gasteiger partial charge in [-0.1, -0.05) is 30.3 Å². The van der Waals surface area contributed by atoms with Crippen molar-refractivity contribution in [2.45, 2.75) is 20.0 Å². The Kier molecular flexibility index (Phi) is 7.00. The fourth-order valence-electron chi connectivity index (χ4n) is 3.98. The third kappa shape index (κ3) is 5.18. The molecule has 0 bridgehead atoms. The largest absolute Gasteiger partial charge is 0.482 e. The van der Waals surface area contributed by atoms with Gasteiger partial charge in [0, 0.05) is 29.6 Å². The first kappa shape index (κ1) is 24.9. The quantitative estimate of drug-likeness (QED) is 0.161. The van der Waals surface area contributed by atoms with Crippen LogP contribution in [0.25, 0.3) is 15.9 Å². The van der Waals surface area contributed by atoms with E-state index in [-0.39, 0.29) is 30.2 Å². The molecule has 0 aliphatic carbocycles. The second-order valence-corrected chi connectivity index (χ2v) is 9.49. The van der Waals surface area contributed by atoms with Crippen LogP contribution in [0.3, 0.4) is 0 Å². The van der Waals surface area contributed by atoms with Gasteiger partial charge in [0.15, 0.2) is 0 Å². The van der Waals surface area contributed by atoms with Crippen LogP contribution in [-0.4, -0.2) is 32.3 Å². The molecule has 0 unspecified atom stereocenters. The van der Waals surface area contributed by atoms with E-state index in [2.05, 4.69) is 10.1 Å². The van der Waals surface area contributed by atoms with Crippen molar-refractivity contribution in [3.8, 4) is 11.4 Å². The number of thiophene rings is 1. The summed E-state index contributed by atoms with van der Waals surface area (Å²) in [4.78, 5) is 40.0. The van der Waals surface area contributed by atoms with E-state index in [1.807, 2.05) is 42.6 Å². The number of hydrogen-bond acceptors (Lipinski definition) is 8. The molecule has 3 aromatic heterocycles. The van der Waals surface area contributed by atoms with E-state index in [0.29, 0.717) is 22.3 Å². The fraction of sp³-hybridized carbons (Fsp3) is 0.148. The van der Waals surface area contributed by atoms with Crippen molar-refractivity contribution in [3.63, 3.8) is 0 Å². The molecule has 192 valence electrons. The van der Waals surface area contributed by atoms with Gasteiger partial charge in [-0.3, -0.25) is 14.9 Å². The lowest BCUT2D eigenvalue weighted by molar-refractivity contribution is -0.384. The first-order valence-corrected chi connectivity index (χ1v) is 12.6. The standard InChI is InChI=1S/C27H22N4O6S/c1-2-36-27(33)23-24(37-16-17-6-4-3-5-7-17)26(32)29-22-13-21(38-25(22)23)12-18-14-28-30(15-18)19-8-10-20(11-9-19)31(34)35/h3-11,13-15H,2,12,16H2,1H3,(H,29,32). The Hall–Kier alpha value is -4.77. The molecular formula is C27H22N4O6S. The number of aromatic amines is 1. The zero-order valence-corrected chi connectivity index (χ0v) is 21.1. The topological polar surface area (TPSA) is 129 Å². The van der Waals surface area contributed by atoms with Gasteiger partial charge in [-0.15, -0.1) is 11.3 Å². The average molecular weight is 531 g/mol. The Bertz CT molecular complexity index is 1670. The minimum atomic E-state index is -0.619. The third-order valence-corrected chi connectivity index (χ3v) is 6.89. The summed E-state index contributed by atoms with van der Waals surface area (Å²) in [5.74, 6) is -0.690. The summed E-state index contributed by atoms with van der Waals surface area (Å²) < 4.78 is 13.3. The highest BCUT2D eigenvalue weighted by Crippen LogP contribution is 2.33. The highest BCUT2D eigenvalue weighted by molar-refractivity contribution is 7.19. The number of carbonyl (C=O) groups excluding carboxylic acids is 1. The molecule has 10 nitrogen and oxygen atoms in total. The number of pyridine rings is 1. The summed E-state index contributed by atoms with van der Waals surface area (Å²) >= 11 is 1.36. The van der Waals surface area contributed by atoms with Crippen LogP contribution in [0.5, 0.6) is 5.75 Å². The highest BCUT2D eigenvalue weighted by Gasteiger charge is 2.24. The predicted molar refractivity (Wildman–Crippen MR) is 142 cm³/mol. The number of esters is 1. The van der Waals surface area contributed by atoms with Gasteiger partial charge < -0.3 is 14.5 Å². The number of benzene rings is 2. The van der Waals surface area contributed by atoms with Crippen LogP contribution in [0.15, 0.2) is 77.9 Å². The molecule has 0 amide bonds. The van der Waals surface area contributed by atoms with Crippen LogP contribution in [0.2, 0.25) is 0 Å². The minimum Gasteiger partial charge on any atom is -0.482 e. The van der Waals surface area contributed by atoms with Crippen molar-refractivity contribution in [1.82, 2.24) is 14.8 Å². The zero-order valence-electron chi connectivity index (χ0n) is 20.2. The first-order chi connectivity index (χ1) is 18.4. The summed E-state index contributed by atoms with van der Waals surface area (Å²) in [5.41, 5.74) is 2.56. The third-order valence-electron chi connectivity index (χ3n) is 5.74. The number of hydrogen-bond donors (Lipinski definition) is 1. The molecule has 0 spiro atoms. The van der Waals surface area contributed by atoms with Crippen LogP contribution >= 0.6 is 11.3 Å². The van der Waals surface area contributed by atoms with E-state index in [1.165, 1.54) is 23.5 Å². The molecule has 11 heteroatoms. The number of H-pyrrole nitrogens is 1. The Balaban J connectivity index is 1.45. The molecule has 0 fully saturated rings. The number of nitro groups is 1. The molecule has 0 atom stereocenters. The second-order valence-electron chi connectivity index (χ2n) is 8.35. The second kappa shape index (κ2) is 10.7. The Morgan fingerprint density at radius 1 is 1.13 bits per heavy atom. The predicted octanol–water partition coefficient (Wildman–Crippen LogP) is 5.03. The van der Waals surface area contributed by atoms with Crippen LogP contribution < -0.4 is 10.3 Å². The van der Waals surface area contributed by atoms with Gasteiger partial charge in [0.25, 0.3) is 11.2 Å². The van der Waals surface area contributed by atoms with E-state index in [9.17, 15) is 19.7 Å². The summed E-state index contributed by atoms with van der Waals surface area (Å²) in [6.07, 6.45) is 4.03. The molecular weight excluding hydrogens is 508 g/mol. The first-order valence-electron chi connectivity index (χ1n) is 11.7. The monoisotopic (exact) mass is 530 g/mol. The van der Waals surface area contributed by atoms with E-state index < -0.39 is 16.5 Å². The summed E-state index contributed by atoms with van der Waals surface area (Å²) in [6, 6.07) is 17.3. The molecule has 3 heterocycles. The van der Waals surface area contributed by atoms with Crippen LogP contribution in [0, 0.1) is 10.1 Å². The number of aromatic nitrogens is 3. The average Bonchev–Trinajstić information content (AvgIpc) is 3.54. The van der Waals surface area contributed by atoms with Crippen molar-refractivity contribution in [1.29, 1.82) is 0 Å². The van der Waals surface area contributed by atoms with Gasteiger partial charge in [-0.25, -0.2) is 9.48 Å². The summed E-state index contributed by atoms with van der Waals surface area (Å²) in [7, 11) is 0. The molecule has 5 rings (SSSR count). The van der Waals surface area contributed by atoms with E-state index in [4.69, 9.17) is 9.47 Å². The molecule has 38 heavy (non-hydrogen) atoms. The maximum Gasteiger partial charge on any atom is 0.343 e. The maximum absolute atomic E-state index is 12.9. The van der Waals surface area contributed by atoms with Crippen LogP contribution in [0.4, 0.5) is 5.69 Å². The maximum atomic E-state index is 12.9. The van der Waals surface area contributed by atoms with E-state index in [0.717, 1.165) is 16.0 Å². The molecule has 0 saturated heterocycles. The fourth-order valence-corrected chi connectivity index (χ4v) is 5.16. The van der Waals surface area contributed by atoms with Gasteiger partial charge in [0.1, 0.15) is 12.2 Å². The Morgan fingerprint density at radius 3 is 2.61 bits per heavy atom. The number of fused-ring (bicyclic) bond motifs is 1. The lowest BCUT2D eigenvalue weighted by Gasteiger charge is -2.11. The van der Waals surface area contributed by atoms with Crippen LogP contribution in [-0.2, 0) is 17.8 Å². The summed E-state index contributed by atoms with van der Waals surface area (Å²) in [6.45, 7) is 1.99. The van der Waals surface area contributed by atoms with Crippen molar-refractivity contribution in [2.24, 2.45) is 0 Å². The van der Waals surface area contributed by atoms with Gasteiger partial charge in [-0.2, -0.15) is 5.10 Å². The summed E-state index contributed by atoms with van der Waals surface area (Å²) in [5, 5.41) is 15.3. The van der Waals surface area contributed by atoms with Crippen LogP contribution in [0.1, 0.15) is 33.3 Å². The molecule has 0 saturated carbocycles. The molecule has 0 radical (unpaired) electrons. The van der Waals surface area contributed by atoms with Gasteiger partial charge >= 0.3 is 5.97 Å². The molecule has 0 aliphatic rings. The van der Waals surface area contributed by atoms with Crippen molar-refractivity contribution < 1.29 is 19.2 Å². The molecule has 5 aromatic rings. The number of nitrogens with zero attached hydrogens (tertiary/aromatic N) is 3. The zero-order chi connectivity index (χ0) is 26.6. The number of rotatable bonds is 9. The molecule has 2 aromatic carbocycles. The van der Waals surface area contributed by atoms with Crippen molar-refractivity contribution in [2.75, 3.05) is 6.61 Å². The number of non-ortho nitro benzene ring substituents is 1. The number of carbonyl (C=O) groups is 1. The van der Waals surface area contributed by atoms with Gasteiger partial charge in [0.05, 0.1) is 33.6 Å². The Labute approximate surface area is 220 Å². The highest BCUT2D eigenvalue weighted by atomic mass is 32.1. The van der Waals surface area contributed by atoms with Gasteiger partial charge in [-0.05, 0) is 36.2 Å². The van der Waals surface area contributed by atoms with Crippen molar-refractivity contribution in [3.05, 3.63) is 115 Å². The normalized spacial score (nSPS) is 11.0. The van der Waals surface area contributed by atoms with Gasteiger partial charge in [0.2, 0.25) is 5.75 Å². The molecule has 0 aliphatic heterocycles. The Morgan fingerprint density at radius 2 is 1.89 bits per heavy atom. The van der Waals surface area contributed by atoms with E-state index in [1.54, 1.807) is 29.9 Å². The smallest absolute Gasteiger partial charge is 0.343 e. The number of nitrogens with one attached hydrogen (secondary N) is 1. The molecule has 1 N–H and O–H groups in total. The SMILES string of the molecule is CCOC(=O)c1c(OCc2ccccc2)c(=O)[nH]c2cc(Cc3cnn(-c4ccc([N+](=O)[O-])cc4)c3)sc12. The minimum absolute atomic E-state index is 0.00455. The van der Waals surface area contributed by atoms with Crippen molar-refractivity contribution >= 4 is 33.2 Å².